The Balaban J connectivity index is 4.69. The Bertz CT molecular complexity index is 1350. The number of carbonyl (C=O) groups is 3. The Labute approximate surface area is 441 Å². The van der Waals surface area contributed by atoms with Gasteiger partial charge in [-0.2, -0.15) is 0 Å². The first-order valence-corrected chi connectivity index (χ1v) is 31.4. The smallest absolute Gasteiger partial charge is 0.462 e. The fraction of sp³-hybridized carbons (Fsp3) is 0.850. The lowest BCUT2D eigenvalue weighted by Crippen LogP contribution is -2.30. The monoisotopic (exact) mass is 1040 g/mol. The van der Waals surface area contributed by atoms with Crippen molar-refractivity contribution in [3.8, 4) is 0 Å². The molecule has 12 heteroatoms. The normalized spacial score (nSPS) is 13.6. The number of phosphoric ester groups is 1. The van der Waals surface area contributed by atoms with Crippen LogP contribution in [0.5, 0.6) is 0 Å². The molecule has 0 radical (unpaired) electrons. The molecule has 0 aliphatic rings. The predicted octanol–water partition coefficient (Wildman–Crippen LogP) is 17.6. The van der Waals surface area contributed by atoms with Crippen molar-refractivity contribution in [3.63, 3.8) is 0 Å². The first-order chi connectivity index (χ1) is 35.2. The van der Waals surface area contributed by atoms with Crippen LogP contribution < -0.4 is 0 Å². The zero-order valence-electron chi connectivity index (χ0n) is 46.7. The van der Waals surface area contributed by atoms with Gasteiger partial charge in [0.15, 0.2) is 6.10 Å². The van der Waals surface area contributed by atoms with Crippen molar-refractivity contribution >= 4 is 25.7 Å². The van der Waals surface area contributed by atoms with E-state index in [1.54, 1.807) is 0 Å². The van der Waals surface area contributed by atoms with Gasteiger partial charge < -0.3 is 24.2 Å². The van der Waals surface area contributed by atoms with Gasteiger partial charge in [0.05, 0.1) is 19.8 Å². The molecule has 0 amide bonds. The van der Waals surface area contributed by atoms with Crippen molar-refractivity contribution in [1.29, 1.82) is 0 Å². The third kappa shape index (κ3) is 52.6. The van der Waals surface area contributed by atoms with Gasteiger partial charge in [0.1, 0.15) is 12.7 Å². The van der Waals surface area contributed by atoms with Gasteiger partial charge >= 0.3 is 25.7 Å². The van der Waals surface area contributed by atoms with Crippen LogP contribution in [0.15, 0.2) is 36.5 Å². The largest absolute Gasteiger partial charge is 0.472 e. The Kier molecular flexibility index (Phi) is 53.2. The molecule has 0 aliphatic carbocycles. The van der Waals surface area contributed by atoms with Crippen LogP contribution in [0.1, 0.15) is 290 Å². The summed E-state index contributed by atoms with van der Waals surface area (Å²) >= 11 is 0. The summed E-state index contributed by atoms with van der Waals surface area (Å²) in [6.07, 6.45) is 56.7. The molecule has 0 saturated heterocycles. The van der Waals surface area contributed by atoms with Gasteiger partial charge in [0.2, 0.25) is 0 Å². The number of phosphoric acid groups is 1. The molecule has 0 aliphatic heterocycles. The number of carbonyl (C=O) groups excluding carboxylic acids is 3. The Morgan fingerprint density at radius 3 is 1.08 bits per heavy atom. The quantitative estimate of drug-likeness (QED) is 0.0197. The van der Waals surface area contributed by atoms with Gasteiger partial charge in [0, 0.05) is 19.3 Å². The van der Waals surface area contributed by atoms with Crippen LogP contribution in [0.3, 0.4) is 0 Å². The number of allylic oxidation sites excluding steroid dienone is 6. The van der Waals surface area contributed by atoms with Crippen molar-refractivity contribution in [2.75, 3.05) is 26.4 Å². The summed E-state index contributed by atoms with van der Waals surface area (Å²) in [7, 11) is -4.75. The topological polar surface area (TPSA) is 155 Å². The number of aliphatic hydroxyl groups excluding tert-OH is 1. The molecule has 0 spiro atoms. The average molecular weight is 1040 g/mol. The minimum absolute atomic E-state index is 0.163. The molecular weight excluding hydrogens is 928 g/mol. The summed E-state index contributed by atoms with van der Waals surface area (Å²) in [5.74, 6) is -1.47. The van der Waals surface area contributed by atoms with Crippen LogP contribution in [0.25, 0.3) is 0 Å². The second kappa shape index (κ2) is 54.9. The summed E-state index contributed by atoms with van der Waals surface area (Å²) in [5.41, 5.74) is 0. The Morgan fingerprint density at radius 2 is 0.681 bits per heavy atom. The average Bonchev–Trinajstić information content (AvgIpc) is 3.37. The summed E-state index contributed by atoms with van der Waals surface area (Å²) in [5, 5.41) is 9.81. The van der Waals surface area contributed by atoms with Crippen LogP contribution in [0, 0.1) is 0 Å². The Hall–Kier alpha value is -2.30. The first-order valence-electron chi connectivity index (χ1n) is 29.9. The molecule has 72 heavy (non-hydrogen) atoms. The molecule has 3 unspecified atom stereocenters. The molecule has 0 saturated carbocycles. The summed E-state index contributed by atoms with van der Waals surface area (Å²) < 4.78 is 39.5. The van der Waals surface area contributed by atoms with Crippen LogP contribution in [-0.2, 0) is 42.2 Å². The van der Waals surface area contributed by atoms with Gasteiger partial charge in [-0.05, 0) is 77.0 Å². The molecule has 3 atom stereocenters. The van der Waals surface area contributed by atoms with Crippen LogP contribution in [0.2, 0.25) is 0 Å². The first kappa shape index (κ1) is 69.7. The van der Waals surface area contributed by atoms with E-state index in [0.29, 0.717) is 19.3 Å². The molecule has 0 aromatic carbocycles. The highest BCUT2D eigenvalue weighted by Gasteiger charge is 2.28. The SMILES string of the molecule is CCCCC/C=C\C/C=C\CCCCCCCC(=O)OC(CO)COP(=O)(O)OCC(COC(=O)CCCCCCC/C=C\CCCCCC)OC(=O)CCCCCCCCCCCCCCCCCCC. The van der Waals surface area contributed by atoms with E-state index in [4.69, 9.17) is 23.3 Å². The number of unbranched alkanes of at least 4 members (excludes halogenated alkanes) is 33. The fourth-order valence-corrected chi connectivity index (χ4v) is 9.23. The molecule has 11 nitrogen and oxygen atoms in total. The molecule has 2 N–H and O–H groups in total. The maximum absolute atomic E-state index is 12.9. The van der Waals surface area contributed by atoms with E-state index in [0.717, 1.165) is 103 Å². The molecule has 0 aromatic heterocycles. The third-order valence-electron chi connectivity index (χ3n) is 13.0. The van der Waals surface area contributed by atoms with Gasteiger partial charge in [0.25, 0.3) is 0 Å². The van der Waals surface area contributed by atoms with E-state index < -0.39 is 57.8 Å². The molecule has 0 rings (SSSR count). The number of hydrogen-bond donors (Lipinski definition) is 2. The van der Waals surface area contributed by atoms with E-state index >= 15 is 0 Å². The van der Waals surface area contributed by atoms with E-state index in [-0.39, 0.29) is 25.9 Å². The number of hydrogen-bond acceptors (Lipinski definition) is 10. The minimum atomic E-state index is -4.75. The molecule has 0 heterocycles. The van der Waals surface area contributed by atoms with Crippen LogP contribution >= 0.6 is 7.82 Å². The van der Waals surface area contributed by atoms with Crippen LogP contribution in [0.4, 0.5) is 0 Å². The van der Waals surface area contributed by atoms with Crippen molar-refractivity contribution in [2.24, 2.45) is 0 Å². The van der Waals surface area contributed by atoms with Crippen LogP contribution in [-0.4, -0.2) is 66.5 Å². The Morgan fingerprint density at radius 1 is 0.389 bits per heavy atom. The second-order valence-electron chi connectivity index (χ2n) is 20.2. The predicted molar refractivity (Wildman–Crippen MR) is 298 cm³/mol. The number of esters is 3. The number of aliphatic hydroxyl groups is 1. The summed E-state index contributed by atoms with van der Waals surface area (Å²) in [6.45, 7) is 4.62. The van der Waals surface area contributed by atoms with Crippen molar-refractivity contribution in [1.82, 2.24) is 0 Å². The van der Waals surface area contributed by atoms with Gasteiger partial charge in [-0.25, -0.2) is 4.57 Å². The number of ether oxygens (including phenoxy) is 3. The highest BCUT2D eigenvalue weighted by Crippen LogP contribution is 2.43. The maximum atomic E-state index is 12.9. The lowest BCUT2D eigenvalue weighted by Gasteiger charge is -2.21. The lowest BCUT2D eigenvalue weighted by atomic mass is 10.0. The minimum Gasteiger partial charge on any atom is -0.462 e. The second-order valence-corrected chi connectivity index (χ2v) is 21.6. The molecular formula is C60H111O11P. The van der Waals surface area contributed by atoms with Crippen molar-refractivity contribution in [2.45, 2.75) is 303 Å². The third-order valence-corrected chi connectivity index (χ3v) is 14.0. The van der Waals surface area contributed by atoms with Gasteiger partial charge in [-0.3, -0.25) is 23.4 Å². The summed E-state index contributed by atoms with van der Waals surface area (Å²) in [6, 6.07) is 0. The van der Waals surface area contributed by atoms with E-state index in [9.17, 15) is 28.9 Å². The summed E-state index contributed by atoms with van der Waals surface area (Å²) in [4.78, 5) is 48.5. The standard InChI is InChI=1S/C60H111O11P/c1-4-7-10-13-16-19-22-25-27-28-30-33-36-39-42-45-48-51-60(64)71-57(53-67-58(62)49-46-43-40-37-34-31-24-21-18-15-12-9-6-3)55-69-72(65,66)68-54-56(52-61)70-59(63)50-47-44-41-38-35-32-29-26-23-20-17-14-11-8-5-2/h17,20-21,24,26,29,56-57,61H,4-16,18-19,22-23,25,27-28,30-55H2,1-3H3,(H,65,66)/b20-17-,24-21-,29-26-. The van der Waals surface area contributed by atoms with E-state index in [1.807, 2.05) is 0 Å². The van der Waals surface area contributed by atoms with Crippen molar-refractivity contribution in [3.05, 3.63) is 36.5 Å². The molecule has 0 bridgehead atoms. The molecule has 0 fully saturated rings. The fourth-order valence-electron chi connectivity index (χ4n) is 8.44. The maximum Gasteiger partial charge on any atom is 0.472 e. The number of rotatable bonds is 56. The zero-order chi connectivity index (χ0) is 52.7. The zero-order valence-corrected chi connectivity index (χ0v) is 47.6. The van der Waals surface area contributed by atoms with Gasteiger partial charge in [-0.1, -0.05) is 231 Å². The van der Waals surface area contributed by atoms with E-state index in [2.05, 4.69) is 57.2 Å². The molecule has 422 valence electrons. The highest BCUT2D eigenvalue weighted by atomic mass is 31.2. The van der Waals surface area contributed by atoms with E-state index in [1.165, 1.54) is 128 Å². The van der Waals surface area contributed by atoms with Crippen molar-refractivity contribution < 1.29 is 52.2 Å². The molecule has 0 aromatic rings. The lowest BCUT2D eigenvalue weighted by molar-refractivity contribution is -0.161. The van der Waals surface area contributed by atoms with Gasteiger partial charge in [-0.15, -0.1) is 0 Å². The highest BCUT2D eigenvalue weighted by molar-refractivity contribution is 7.47.